The lowest BCUT2D eigenvalue weighted by atomic mass is 9.83. The number of methoxy groups -OCH3 is 1. The maximum Gasteiger partial charge on any atom is 0.328 e. The van der Waals surface area contributed by atoms with E-state index in [-0.39, 0.29) is 29.4 Å². The fourth-order valence-corrected chi connectivity index (χ4v) is 2.82. The van der Waals surface area contributed by atoms with Gasteiger partial charge in [-0.2, -0.15) is 0 Å². The van der Waals surface area contributed by atoms with E-state index < -0.39 is 22.8 Å². The van der Waals surface area contributed by atoms with E-state index in [0.29, 0.717) is 19.3 Å². The highest BCUT2D eigenvalue weighted by molar-refractivity contribution is 5.97. The minimum Gasteiger partial charge on any atom is -0.467 e. The summed E-state index contributed by atoms with van der Waals surface area (Å²) >= 11 is 0. The molecule has 8 heteroatoms. The van der Waals surface area contributed by atoms with Gasteiger partial charge in [0.25, 0.3) is 11.6 Å². The number of nitrogens with zero attached hydrogens (tertiary/aromatic N) is 1. The van der Waals surface area contributed by atoms with Crippen molar-refractivity contribution in [1.29, 1.82) is 0 Å². The number of Topliss-reactive ketones (excluding diaryl/α,β-unsaturated/α-hetero) is 1. The van der Waals surface area contributed by atoms with Crippen molar-refractivity contribution in [3.05, 3.63) is 39.9 Å². The summed E-state index contributed by atoms with van der Waals surface area (Å²) < 4.78 is 4.73. The van der Waals surface area contributed by atoms with Crippen molar-refractivity contribution in [2.75, 3.05) is 7.11 Å². The van der Waals surface area contributed by atoms with Crippen molar-refractivity contribution in [1.82, 2.24) is 5.32 Å². The van der Waals surface area contributed by atoms with Crippen LogP contribution in [0.15, 0.2) is 24.3 Å². The Morgan fingerprint density at radius 3 is 2.79 bits per heavy atom. The highest BCUT2D eigenvalue weighted by Crippen LogP contribution is 2.25. The Hall–Kier alpha value is -2.77. The van der Waals surface area contributed by atoms with Gasteiger partial charge in [-0.3, -0.25) is 19.7 Å². The zero-order valence-electron chi connectivity index (χ0n) is 13.2. The number of nitro groups is 1. The number of rotatable bonds is 5. The Bertz CT molecular complexity index is 672. The van der Waals surface area contributed by atoms with Crippen LogP contribution in [0.3, 0.4) is 0 Å². The van der Waals surface area contributed by atoms with Crippen molar-refractivity contribution in [3.8, 4) is 0 Å². The Kier molecular flexibility index (Phi) is 5.62. The zero-order chi connectivity index (χ0) is 17.7. The molecular weight excluding hydrogens is 316 g/mol. The van der Waals surface area contributed by atoms with Gasteiger partial charge in [-0.15, -0.1) is 0 Å². The fourth-order valence-electron chi connectivity index (χ4n) is 2.82. The number of ether oxygens (including phenoxy) is 1. The summed E-state index contributed by atoms with van der Waals surface area (Å²) in [6.07, 6.45) is 1.96. The first kappa shape index (κ1) is 17.6. The number of ketones is 1. The number of benzene rings is 1. The topological polar surface area (TPSA) is 116 Å². The van der Waals surface area contributed by atoms with E-state index in [1.165, 1.54) is 25.3 Å². The molecule has 0 aliphatic heterocycles. The number of hydrogen-bond acceptors (Lipinski definition) is 6. The van der Waals surface area contributed by atoms with Crippen molar-refractivity contribution < 1.29 is 24.0 Å². The molecule has 2 atom stereocenters. The van der Waals surface area contributed by atoms with E-state index in [0.717, 1.165) is 6.07 Å². The van der Waals surface area contributed by atoms with Gasteiger partial charge in [0.1, 0.15) is 11.8 Å². The normalized spacial score (nSPS) is 18.5. The van der Waals surface area contributed by atoms with Crippen LogP contribution >= 0.6 is 0 Å². The summed E-state index contributed by atoms with van der Waals surface area (Å²) in [5, 5.41) is 13.4. The van der Waals surface area contributed by atoms with Gasteiger partial charge in [0.15, 0.2) is 0 Å². The van der Waals surface area contributed by atoms with Gasteiger partial charge >= 0.3 is 5.97 Å². The van der Waals surface area contributed by atoms with E-state index in [1.54, 1.807) is 0 Å². The van der Waals surface area contributed by atoms with Crippen molar-refractivity contribution >= 4 is 23.3 Å². The van der Waals surface area contributed by atoms with E-state index in [2.05, 4.69) is 5.32 Å². The van der Waals surface area contributed by atoms with E-state index in [1.807, 2.05) is 0 Å². The lowest BCUT2D eigenvalue weighted by Gasteiger charge is -2.28. The van der Waals surface area contributed by atoms with Crippen LogP contribution in [0.4, 0.5) is 5.69 Å². The van der Waals surface area contributed by atoms with Gasteiger partial charge in [-0.1, -0.05) is 6.07 Å². The molecule has 1 saturated carbocycles. The molecule has 2 rings (SSSR count). The van der Waals surface area contributed by atoms with Crippen LogP contribution in [0, 0.1) is 16.0 Å². The van der Waals surface area contributed by atoms with Crippen LogP contribution in [0.1, 0.15) is 36.0 Å². The number of hydrogen-bond donors (Lipinski definition) is 1. The molecule has 24 heavy (non-hydrogen) atoms. The third-order valence-corrected chi connectivity index (χ3v) is 4.05. The van der Waals surface area contributed by atoms with Crippen molar-refractivity contribution in [2.45, 2.75) is 31.7 Å². The number of esters is 1. The summed E-state index contributed by atoms with van der Waals surface area (Å²) in [5.41, 5.74) is -0.148. The number of nitrogens with one attached hydrogen (secondary N) is 1. The first-order valence-electron chi connectivity index (χ1n) is 7.57. The van der Waals surface area contributed by atoms with Gasteiger partial charge in [0, 0.05) is 30.5 Å². The first-order valence-corrected chi connectivity index (χ1v) is 7.57. The largest absolute Gasteiger partial charge is 0.467 e. The maximum atomic E-state index is 12.3. The molecule has 0 saturated heterocycles. The van der Waals surface area contributed by atoms with E-state index in [9.17, 15) is 24.5 Å². The lowest BCUT2D eigenvalue weighted by Crippen LogP contribution is -2.48. The van der Waals surface area contributed by atoms with E-state index >= 15 is 0 Å². The first-order chi connectivity index (χ1) is 11.4. The molecule has 1 aliphatic rings. The van der Waals surface area contributed by atoms with Gasteiger partial charge < -0.3 is 10.1 Å². The second kappa shape index (κ2) is 7.67. The van der Waals surface area contributed by atoms with Crippen molar-refractivity contribution in [2.24, 2.45) is 5.92 Å². The molecule has 0 bridgehead atoms. The Balaban J connectivity index is 2.18. The quantitative estimate of drug-likeness (QED) is 0.497. The molecule has 1 fully saturated rings. The molecular formula is C16H18N2O6. The second-order valence-corrected chi connectivity index (χ2v) is 5.68. The smallest absolute Gasteiger partial charge is 0.328 e. The summed E-state index contributed by atoms with van der Waals surface area (Å²) in [6.45, 7) is 0. The molecule has 0 spiro atoms. The predicted octanol–water partition coefficient (Wildman–Crippen LogP) is 1.63. The summed E-state index contributed by atoms with van der Waals surface area (Å²) in [7, 11) is 1.21. The highest BCUT2D eigenvalue weighted by atomic mass is 16.6. The number of carbonyl (C=O) groups excluding carboxylic acids is 3. The third-order valence-electron chi connectivity index (χ3n) is 4.05. The van der Waals surface area contributed by atoms with Crippen molar-refractivity contribution in [3.63, 3.8) is 0 Å². The maximum absolute atomic E-state index is 12.3. The van der Waals surface area contributed by atoms with Crippen LogP contribution in [-0.2, 0) is 14.3 Å². The SMILES string of the molecule is COC(=O)[C@H](NC(=O)c1cccc([N+](=O)[O-])c1)[C@@H]1CCCC(=O)C1. The minimum atomic E-state index is -0.953. The number of nitro benzene ring substituents is 1. The number of non-ortho nitro benzene ring substituents is 1. The predicted molar refractivity (Wildman–Crippen MR) is 83.3 cm³/mol. The number of carbonyl (C=O) groups is 3. The molecule has 0 radical (unpaired) electrons. The lowest BCUT2D eigenvalue weighted by molar-refractivity contribution is -0.384. The Morgan fingerprint density at radius 2 is 2.17 bits per heavy atom. The molecule has 1 aliphatic carbocycles. The van der Waals surface area contributed by atoms with Gasteiger partial charge in [0.05, 0.1) is 12.0 Å². The highest BCUT2D eigenvalue weighted by Gasteiger charge is 2.34. The molecule has 0 aromatic heterocycles. The van der Waals surface area contributed by atoms with Crippen LogP contribution in [0.2, 0.25) is 0 Å². The molecule has 0 unspecified atom stereocenters. The van der Waals surface area contributed by atoms with Gasteiger partial charge in [-0.05, 0) is 24.8 Å². The molecule has 1 N–H and O–H groups in total. The Morgan fingerprint density at radius 1 is 1.42 bits per heavy atom. The van der Waals surface area contributed by atoms with Gasteiger partial charge in [-0.25, -0.2) is 4.79 Å². The standard InChI is InChI=1S/C16H18N2O6/c1-24-16(21)14(10-4-3-7-13(19)9-10)17-15(20)11-5-2-6-12(8-11)18(22)23/h2,5-6,8,10,14H,3-4,7,9H2,1H3,(H,17,20)/t10-,14-/m1/s1. The van der Waals surface area contributed by atoms with Gasteiger partial charge in [0.2, 0.25) is 0 Å². The monoisotopic (exact) mass is 334 g/mol. The van der Waals surface area contributed by atoms with Crippen LogP contribution < -0.4 is 5.32 Å². The summed E-state index contributed by atoms with van der Waals surface area (Å²) in [6, 6.07) is 4.27. The second-order valence-electron chi connectivity index (χ2n) is 5.68. The summed E-state index contributed by atoms with van der Waals surface area (Å²) in [5.74, 6) is -1.54. The average Bonchev–Trinajstić information content (AvgIpc) is 2.58. The minimum absolute atomic E-state index is 0.0461. The molecule has 8 nitrogen and oxygen atoms in total. The number of amides is 1. The van der Waals surface area contributed by atoms with Crippen LogP contribution in [0.5, 0.6) is 0 Å². The zero-order valence-corrected chi connectivity index (χ0v) is 13.2. The summed E-state index contributed by atoms with van der Waals surface area (Å²) in [4.78, 5) is 46.2. The molecule has 1 amide bonds. The average molecular weight is 334 g/mol. The fraction of sp³-hybridized carbons (Fsp3) is 0.438. The van der Waals surface area contributed by atoms with Crippen LogP contribution in [0.25, 0.3) is 0 Å². The molecule has 128 valence electrons. The van der Waals surface area contributed by atoms with E-state index in [4.69, 9.17) is 4.74 Å². The molecule has 1 aromatic carbocycles. The Labute approximate surface area is 138 Å². The van der Waals surface area contributed by atoms with Crippen LogP contribution in [-0.4, -0.2) is 35.7 Å². The molecule has 0 heterocycles. The molecule has 1 aromatic rings. The third kappa shape index (κ3) is 4.15.